The number of carboxylic acid groups (broad SMARTS) is 1. The van der Waals surface area contributed by atoms with E-state index in [-0.39, 0.29) is 0 Å². The SMILES string of the molecule is COc1cc(OC)c([I+]c2ccc(C(F)(F)F)cc2)c(OC)c1.O=C([O-])C(F)(F)F. The molecule has 12 heteroatoms. The molecule has 0 atom stereocenters. The van der Waals surface area contributed by atoms with E-state index < -0.39 is 45.1 Å². The number of halogens is 7. The van der Waals surface area contributed by atoms with Crippen LogP contribution in [0.25, 0.3) is 0 Å². The summed E-state index contributed by atoms with van der Waals surface area (Å²) in [6, 6.07) is 8.66. The highest BCUT2D eigenvalue weighted by Gasteiger charge is 2.32. The Hall–Kier alpha value is -2.38. The van der Waals surface area contributed by atoms with Crippen LogP contribution in [0.5, 0.6) is 17.2 Å². The molecule has 0 saturated carbocycles. The maximum Gasteiger partial charge on any atom is 0.430 e. The van der Waals surface area contributed by atoms with Crippen LogP contribution in [-0.2, 0) is 11.0 Å². The van der Waals surface area contributed by atoms with Crippen LogP contribution in [0, 0.1) is 7.14 Å². The number of benzene rings is 2. The van der Waals surface area contributed by atoms with Gasteiger partial charge in [0.1, 0.15) is 11.7 Å². The third-order valence-corrected chi connectivity index (χ3v) is 6.21. The maximum absolute atomic E-state index is 12.6. The summed E-state index contributed by atoms with van der Waals surface area (Å²) in [6.07, 6.45) is -9.52. The van der Waals surface area contributed by atoms with Gasteiger partial charge in [0.05, 0.1) is 26.9 Å². The van der Waals surface area contributed by atoms with Crippen LogP contribution in [0.3, 0.4) is 0 Å². The summed E-state index contributed by atoms with van der Waals surface area (Å²) in [7, 11) is 4.61. The van der Waals surface area contributed by atoms with E-state index in [0.29, 0.717) is 17.2 Å². The molecule has 0 saturated heterocycles. The zero-order valence-corrected chi connectivity index (χ0v) is 17.8. The predicted octanol–water partition coefficient (Wildman–Crippen LogP) is 0.158. The average Bonchev–Trinajstić information content (AvgIpc) is 2.67. The molecule has 0 spiro atoms. The second-order valence-corrected chi connectivity index (χ2v) is 8.09. The molecule has 2 rings (SSSR count). The first kappa shape index (κ1) is 25.7. The molecular formula is C18H15F6IO5. The van der Waals surface area contributed by atoms with Crippen molar-refractivity contribution in [3.63, 3.8) is 0 Å². The lowest BCUT2D eigenvalue weighted by molar-refractivity contribution is -0.598. The van der Waals surface area contributed by atoms with Crippen LogP contribution in [0.1, 0.15) is 5.56 Å². The fourth-order valence-corrected chi connectivity index (χ4v) is 4.49. The molecule has 0 heterocycles. The number of methoxy groups -OCH3 is 3. The summed E-state index contributed by atoms with van der Waals surface area (Å²) in [5, 5.41) is 8.78. The summed E-state index contributed by atoms with van der Waals surface area (Å²) in [5.41, 5.74) is -0.654. The van der Waals surface area contributed by atoms with Crippen molar-refractivity contribution in [2.75, 3.05) is 21.3 Å². The van der Waals surface area contributed by atoms with Gasteiger partial charge in [0.25, 0.3) is 3.57 Å². The lowest BCUT2D eigenvalue weighted by atomic mass is 10.2. The maximum atomic E-state index is 12.6. The molecule has 166 valence electrons. The van der Waals surface area contributed by atoms with Crippen molar-refractivity contribution < 1.29 is 71.7 Å². The third kappa shape index (κ3) is 7.46. The molecule has 0 unspecified atom stereocenters. The van der Waals surface area contributed by atoms with Crippen molar-refractivity contribution in [3.05, 3.63) is 49.1 Å². The normalized spacial score (nSPS) is 11.2. The molecule has 0 aliphatic heterocycles. The van der Waals surface area contributed by atoms with Crippen LogP contribution in [0.2, 0.25) is 0 Å². The lowest BCUT2D eigenvalue weighted by Gasteiger charge is -2.08. The average molecular weight is 552 g/mol. The number of alkyl halides is 6. The van der Waals surface area contributed by atoms with E-state index in [2.05, 4.69) is 0 Å². The largest absolute Gasteiger partial charge is 0.542 e. The Kier molecular flexibility index (Phi) is 9.06. The fraction of sp³-hybridized carbons (Fsp3) is 0.278. The molecule has 0 aliphatic rings. The van der Waals surface area contributed by atoms with Crippen molar-refractivity contribution >= 4 is 5.97 Å². The molecular weight excluding hydrogens is 537 g/mol. The van der Waals surface area contributed by atoms with Gasteiger partial charge in [0.15, 0.2) is 15.1 Å². The Morgan fingerprint density at radius 1 is 0.867 bits per heavy atom. The van der Waals surface area contributed by atoms with Crippen molar-refractivity contribution in [1.82, 2.24) is 0 Å². The van der Waals surface area contributed by atoms with E-state index in [1.54, 1.807) is 19.2 Å². The summed E-state index contributed by atoms with van der Waals surface area (Å²) in [5.74, 6) is -1.20. The second-order valence-electron chi connectivity index (χ2n) is 5.23. The first-order valence-corrected chi connectivity index (χ1v) is 9.89. The highest BCUT2D eigenvalue weighted by atomic mass is 127. The molecule has 0 radical (unpaired) electrons. The van der Waals surface area contributed by atoms with Gasteiger partial charge in [0, 0.05) is 12.1 Å². The van der Waals surface area contributed by atoms with Gasteiger partial charge in [-0.2, -0.15) is 26.3 Å². The molecule has 0 aromatic heterocycles. The van der Waals surface area contributed by atoms with Gasteiger partial charge in [-0.25, -0.2) is 0 Å². The molecule has 0 fully saturated rings. The quantitative estimate of drug-likeness (QED) is 0.391. The smallest absolute Gasteiger partial charge is 0.430 e. The Bertz CT molecular complexity index is 825. The third-order valence-electron chi connectivity index (χ3n) is 3.26. The highest BCUT2D eigenvalue weighted by molar-refractivity contribution is 5.70. The van der Waals surface area contributed by atoms with Gasteiger partial charge >= 0.3 is 33.6 Å². The van der Waals surface area contributed by atoms with Gasteiger partial charge in [-0.1, -0.05) is 0 Å². The number of hydrogen-bond donors (Lipinski definition) is 0. The van der Waals surface area contributed by atoms with Gasteiger partial charge in [-0.15, -0.1) is 0 Å². The molecule has 0 bridgehead atoms. The topological polar surface area (TPSA) is 67.8 Å². The van der Waals surface area contributed by atoms with E-state index in [1.807, 2.05) is 0 Å². The van der Waals surface area contributed by atoms with Crippen LogP contribution in [0.4, 0.5) is 26.3 Å². The van der Waals surface area contributed by atoms with E-state index in [4.69, 9.17) is 24.1 Å². The number of aliphatic carboxylic acids is 1. The minimum Gasteiger partial charge on any atom is -0.542 e. The molecule has 2 aromatic carbocycles. The number of carbonyl (C=O) groups is 1. The Labute approximate surface area is 177 Å². The monoisotopic (exact) mass is 552 g/mol. The van der Waals surface area contributed by atoms with Crippen molar-refractivity contribution in [1.29, 1.82) is 0 Å². The summed E-state index contributed by atoms with van der Waals surface area (Å²) >= 11 is -0.768. The molecule has 5 nitrogen and oxygen atoms in total. The number of hydrogen-bond acceptors (Lipinski definition) is 5. The fourth-order valence-electron chi connectivity index (χ4n) is 1.87. The van der Waals surface area contributed by atoms with E-state index >= 15 is 0 Å². The van der Waals surface area contributed by atoms with Crippen molar-refractivity contribution in [2.24, 2.45) is 0 Å². The summed E-state index contributed by atoms with van der Waals surface area (Å²) < 4.78 is 87.0. The molecule has 0 aliphatic carbocycles. The van der Waals surface area contributed by atoms with Crippen LogP contribution in [-0.4, -0.2) is 33.5 Å². The van der Waals surface area contributed by atoms with Gasteiger partial charge < -0.3 is 24.1 Å². The Morgan fingerprint density at radius 2 is 1.30 bits per heavy atom. The standard InChI is InChI=1S/C16H15F3IO3.C2HF3O2/c1-21-12-8-13(22-2)15(14(9-12)23-3)20-11-6-4-10(5-7-11)16(17,18)19;3-2(4,5)1(6)7/h4-9H,1-3H3;(H,6,7)/q+1;/p-1. The number of carboxylic acids is 1. The van der Waals surface area contributed by atoms with Crippen molar-refractivity contribution in [2.45, 2.75) is 12.4 Å². The minimum absolute atomic E-state index is 0.596. The predicted molar refractivity (Wildman–Crippen MR) is 86.0 cm³/mol. The summed E-state index contributed by atoms with van der Waals surface area (Å²) in [4.78, 5) is 8.78. The van der Waals surface area contributed by atoms with Crippen LogP contribution < -0.4 is 40.5 Å². The second kappa shape index (κ2) is 10.6. The van der Waals surface area contributed by atoms with E-state index in [9.17, 15) is 26.3 Å². The van der Waals surface area contributed by atoms with E-state index in [0.717, 1.165) is 19.3 Å². The minimum atomic E-state index is -5.19. The lowest BCUT2D eigenvalue weighted by Crippen LogP contribution is -3.61. The van der Waals surface area contributed by atoms with E-state index in [1.165, 1.54) is 26.4 Å². The van der Waals surface area contributed by atoms with Gasteiger partial charge in [-0.05, 0) is 24.3 Å². The highest BCUT2D eigenvalue weighted by Crippen LogP contribution is 2.29. The van der Waals surface area contributed by atoms with Crippen LogP contribution in [0.15, 0.2) is 36.4 Å². The summed E-state index contributed by atoms with van der Waals surface area (Å²) in [6.45, 7) is 0. The number of ether oxygens (including phenoxy) is 3. The van der Waals surface area contributed by atoms with Crippen LogP contribution >= 0.6 is 0 Å². The van der Waals surface area contributed by atoms with Crippen molar-refractivity contribution in [3.8, 4) is 17.2 Å². The first-order chi connectivity index (χ1) is 13.8. The first-order valence-electron chi connectivity index (χ1n) is 7.73. The molecule has 30 heavy (non-hydrogen) atoms. The zero-order chi connectivity index (χ0) is 23.1. The molecule has 2 aromatic rings. The Balaban J connectivity index is 0.000000553. The van der Waals surface area contributed by atoms with Gasteiger partial charge in [0.2, 0.25) is 0 Å². The van der Waals surface area contributed by atoms with Gasteiger partial charge in [-0.3, -0.25) is 0 Å². The molecule has 0 amide bonds. The molecule has 0 N–H and O–H groups in total. The number of rotatable bonds is 5. The Morgan fingerprint density at radius 3 is 1.60 bits per heavy atom. The zero-order valence-electron chi connectivity index (χ0n) is 15.7. The number of carbonyl (C=O) groups excluding carboxylic acids is 1.